The second-order valence-electron chi connectivity index (χ2n) is 20.7. The molecule has 2 heteroatoms. The summed E-state index contributed by atoms with van der Waals surface area (Å²) in [7, 11) is 0. The van der Waals surface area contributed by atoms with Gasteiger partial charge in [0.2, 0.25) is 0 Å². The minimum atomic E-state index is -0.651. The van der Waals surface area contributed by atoms with Crippen LogP contribution in [0.2, 0.25) is 0 Å². The van der Waals surface area contributed by atoms with Gasteiger partial charge in [-0.1, -0.05) is 279 Å². The molecule has 0 unspecified atom stereocenters. The first-order chi connectivity index (χ1) is 38.7. The quantitative estimate of drug-likeness (QED) is 0.153. The highest BCUT2D eigenvalue weighted by molar-refractivity contribution is 6.20. The molecule has 2 aliphatic heterocycles. The van der Waals surface area contributed by atoms with Gasteiger partial charge in [-0.15, -0.1) is 0 Å². The predicted octanol–water partition coefficient (Wildman–Crippen LogP) is 19.6. The number of nitrogens with one attached hydrogen (secondary N) is 1. The standard InChI is InChI=1S/C76H52N2/c1-7-27-52(28-8-1)72-60-41-23-39-58(62-43-25-47-68-73(62)77-70-49-21-19-45-66(70)75(68,53-29-9-2-10-30-53)54-31-11-3-12-32-54)64(60)51-65-59(40-24-42-61(65)72)63-44-26-48-69-74(63)78(57-37-17-6-18-38-57)71-50-22-20-46-67(71)76(69,55-33-13-4-14-34-55)56-35-15-5-16-36-56/h1-51,77H. The normalized spacial score (nSPS) is 13.7. The van der Waals surface area contributed by atoms with Crippen LogP contribution in [0.4, 0.5) is 28.4 Å². The molecule has 1 N–H and O–H groups in total. The Morgan fingerprint density at radius 3 is 1.27 bits per heavy atom. The Hall–Kier alpha value is -10.0. The van der Waals surface area contributed by atoms with Crippen molar-refractivity contribution in [1.29, 1.82) is 0 Å². The van der Waals surface area contributed by atoms with Crippen molar-refractivity contribution in [3.05, 3.63) is 354 Å². The molecule has 2 aliphatic rings. The van der Waals surface area contributed by atoms with E-state index >= 15 is 0 Å². The van der Waals surface area contributed by atoms with Crippen molar-refractivity contribution < 1.29 is 0 Å². The largest absolute Gasteiger partial charge is 0.354 e. The van der Waals surface area contributed by atoms with Crippen LogP contribution in [0.1, 0.15) is 44.5 Å². The van der Waals surface area contributed by atoms with E-state index in [4.69, 9.17) is 0 Å². The molecule has 0 saturated carbocycles. The summed E-state index contributed by atoms with van der Waals surface area (Å²) in [5, 5.41) is 8.86. The van der Waals surface area contributed by atoms with Crippen LogP contribution in [0.5, 0.6) is 0 Å². The number of para-hydroxylation sites is 5. The third-order valence-electron chi connectivity index (χ3n) is 16.8. The average Bonchev–Trinajstić information content (AvgIpc) is 3.40. The van der Waals surface area contributed by atoms with Gasteiger partial charge in [0, 0.05) is 22.5 Å². The zero-order valence-corrected chi connectivity index (χ0v) is 42.9. The number of hydrogen-bond acceptors (Lipinski definition) is 2. The molecule has 366 valence electrons. The maximum Gasteiger partial charge on any atom is 0.0742 e. The number of fused-ring (bicyclic) bond motifs is 6. The Labute approximate surface area is 455 Å². The van der Waals surface area contributed by atoms with Crippen molar-refractivity contribution in [2.45, 2.75) is 10.8 Å². The Morgan fingerprint density at radius 1 is 0.282 bits per heavy atom. The predicted molar refractivity (Wildman–Crippen MR) is 326 cm³/mol. The van der Waals surface area contributed by atoms with Crippen LogP contribution in [0.3, 0.4) is 0 Å². The lowest BCUT2D eigenvalue weighted by Crippen LogP contribution is -2.38. The first-order valence-corrected chi connectivity index (χ1v) is 27.1. The van der Waals surface area contributed by atoms with Crippen LogP contribution in [-0.4, -0.2) is 0 Å². The first kappa shape index (κ1) is 45.4. The smallest absolute Gasteiger partial charge is 0.0742 e. The summed E-state index contributed by atoms with van der Waals surface area (Å²) in [6.07, 6.45) is 0. The zero-order valence-electron chi connectivity index (χ0n) is 42.9. The summed E-state index contributed by atoms with van der Waals surface area (Å²) in [5.74, 6) is 0. The summed E-state index contributed by atoms with van der Waals surface area (Å²) in [6.45, 7) is 0. The fourth-order valence-corrected chi connectivity index (χ4v) is 13.7. The Kier molecular flexibility index (Phi) is 10.7. The average molecular weight is 993 g/mol. The van der Waals surface area contributed by atoms with Gasteiger partial charge in [0.05, 0.1) is 27.9 Å². The Bertz CT molecular complexity index is 4300. The number of hydrogen-bond donors (Lipinski definition) is 1. The van der Waals surface area contributed by atoms with Gasteiger partial charge in [0.25, 0.3) is 0 Å². The van der Waals surface area contributed by atoms with Crippen LogP contribution in [0, 0.1) is 0 Å². The van der Waals surface area contributed by atoms with Crippen LogP contribution in [-0.2, 0) is 10.8 Å². The van der Waals surface area contributed by atoms with Gasteiger partial charge in [0.1, 0.15) is 0 Å². The molecule has 0 radical (unpaired) electrons. The van der Waals surface area contributed by atoms with Gasteiger partial charge in [-0.25, -0.2) is 0 Å². The highest BCUT2D eigenvalue weighted by atomic mass is 15.2. The molecule has 0 aliphatic carbocycles. The van der Waals surface area contributed by atoms with Crippen molar-refractivity contribution in [2.75, 3.05) is 10.2 Å². The molecule has 0 fully saturated rings. The number of anilines is 5. The molecule has 13 aromatic rings. The maximum absolute atomic E-state index is 4.08. The zero-order chi connectivity index (χ0) is 51.6. The van der Waals surface area contributed by atoms with Gasteiger partial charge in [-0.2, -0.15) is 0 Å². The fraction of sp³-hybridized carbons (Fsp3) is 0.0263. The van der Waals surface area contributed by atoms with Crippen LogP contribution in [0.15, 0.2) is 309 Å². The first-order valence-electron chi connectivity index (χ1n) is 27.1. The van der Waals surface area contributed by atoms with Crippen LogP contribution >= 0.6 is 0 Å². The Balaban J connectivity index is 1.05. The molecule has 78 heavy (non-hydrogen) atoms. The minimum absolute atomic E-state index is 0.597. The molecular formula is C76H52N2. The molecule has 2 nitrogen and oxygen atoms in total. The van der Waals surface area contributed by atoms with E-state index in [1.54, 1.807) is 0 Å². The van der Waals surface area contributed by atoms with Crippen molar-refractivity contribution in [3.63, 3.8) is 0 Å². The summed E-state index contributed by atoms with van der Waals surface area (Å²) >= 11 is 0. The van der Waals surface area contributed by atoms with E-state index in [2.05, 4.69) is 320 Å². The van der Waals surface area contributed by atoms with E-state index < -0.39 is 10.8 Å². The molecule has 2 heterocycles. The van der Waals surface area contributed by atoms with Crippen molar-refractivity contribution in [1.82, 2.24) is 0 Å². The molecular weight excluding hydrogens is 941 g/mol. The monoisotopic (exact) mass is 992 g/mol. The lowest BCUT2D eigenvalue weighted by atomic mass is 9.62. The SMILES string of the molecule is c1ccc(-c2c3cccc(-c4cccc5c4Nc4ccccc4C5(c4ccccc4)c4ccccc4)c3cc3c(-c4cccc5c4N(c4ccccc4)c4ccccc4C5(c4ccccc4)c4ccccc4)cccc23)cc1. The number of rotatable bonds is 8. The lowest BCUT2D eigenvalue weighted by molar-refractivity contribution is 0.731. The van der Waals surface area contributed by atoms with Gasteiger partial charge in [0.15, 0.2) is 0 Å². The topological polar surface area (TPSA) is 15.3 Å². The summed E-state index contributed by atoms with van der Waals surface area (Å²) < 4.78 is 0. The van der Waals surface area contributed by atoms with E-state index in [9.17, 15) is 0 Å². The van der Waals surface area contributed by atoms with Gasteiger partial charge in [-0.3, -0.25) is 0 Å². The highest BCUT2D eigenvalue weighted by Gasteiger charge is 2.48. The van der Waals surface area contributed by atoms with Crippen molar-refractivity contribution >= 4 is 50.0 Å². The second-order valence-corrected chi connectivity index (χ2v) is 20.7. The third kappa shape index (κ3) is 6.70. The molecule has 0 saturated heterocycles. The van der Waals surface area contributed by atoms with Gasteiger partial charge in [-0.05, 0) is 119 Å². The van der Waals surface area contributed by atoms with E-state index in [0.717, 1.165) is 39.6 Å². The van der Waals surface area contributed by atoms with Gasteiger partial charge >= 0.3 is 0 Å². The number of nitrogens with zero attached hydrogens (tertiary/aromatic N) is 1. The van der Waals surface area contributed by atoms with Crippen molar-refractivity contribution in [2.24, 2.45) is 0 Å². The maximum atomic E-state index is 4.08. The number of benzene rings is 13. The highest BCUT2D eigenvalue weighted by Crippen LogP contribution is 2.61. The van der Waals surface area contributed by atoms with E-state index in [0.29, 0.717) is 0 Å². The molecule has 0 atom stereocenters. The van der Waals surface area contributed by atoms with E-state index in [-0.39, 0.29) is 0 Å². The summed E-state index contributed by atoms with van der Waals surface area (Å²) in [5.41, 5.74) is 21.2. The fourth-order valence-electron chi connectivity index (χ4n) is 13.7. The Morgan fingerprint density at radius 2 is 0.692 bits per heavy atom. The third-order valence-corrected chi connectivity index (χ3v) is 16.8. The lowest BCUT2D eigenvalue weighted by Gasteiger charge is -2.47. The van der Waals surface area contributed by atoms with Gasteiger partial charge < -0.3 is 10.2 Å². The summed E-state index contributed by atoms with van der Waals surface area (Å²) in [6, 6.07) is 115. The second kappa shape index (κ2) is 18.4. The van der Waals surface area contributed by atoms with E-state index in [1.807, 2.05) is 0 Å². The molecule has 0 aromatic heterocycles. The molecule has 0 bridgehead atoms. The molecule has 13 aromatic carbocycles. The van der Waals surface area contributed by atoms with Crippen LogP contribution in [0.25, 0.3) is 54.9 Å². The van der Waals surface area contributed by atoms with E-state index in [1.165, 1.54) is 88.3 Å². The minimum Gasteiger partial charge on any atom is -0.354 e. The molecule has 0 amide bonds. The molecule has 0 spiro atoms. The molecule has 15 rings (SSSR count). The summed E-state index contributed by atoms with van der Waals surface area (Å²) in [4.78, 5) is 2.53. The van der Waals surface area contributed by atoms with Crippen molar-refractivity contribution in [3.8, 4) is 33.4 Å². The van der Waals surface area contributed by atoms with Crippen LogP contribution < -0.4 is 10.2 Å².